The van der Waals surface area contributed by atoms with Crippen LogP contribution in [0.15, 0.2) is 170 Å². The van der Waals surface area contributed by atoms with E-state index < -0.39 is 0 Å². The van der Waals surface area contributed by atoms with Crippen LogP contribution in [0, 0.1) is 0 Å². The van der Waals surface area contributed by atoms with Gasteiger partial charge in [-0.1, -0.05) is 121 Å². The Kier molecular flexibility index (Phi) is 6.22. The summed E-state index contributed by atoms with van der Waals surface area (Å²) in [5.74, 6) is 1.43. The summed E-state index contributed by atoms with van der Waals surface area (Å²) >= 11 is 0. The highest BCUT2D eigenvalue weighted by Gasteiger charge is 2.18. The Hall–Kier alpha value is -7.04. The van der Waals surface area contributed by atoms with E-state index in [9.17, 15) is 0 Å². The van der Waals surface area contributed by atoms with Crippen molar-refractivity contribution >= 4 is 75.4 Å². The molecule has 0 spiro atoms. The first-order valence-corrected chi connectivity index (χ1v) is 17.5. The Morgan fingerprint density at radius 2 is 0.615 bits per heavy atom. The van der Waals surface area contributed by atoms with Gasteiger partial charge in [0.2, 0.25) is 0 Å². The summed E-state index contributed by atoms with van der Waals surface area (Å²) in [7, 11) is 0. The maximum atomic E-state index is 5.10. The summed E-state index contributed by atoms with van der Waals surface area (Å²) < 4.78 is 0. The van der Waals surface area contributed by atoms with Crippen LogP contribution in [-0.2, 0) is 0 Å². The molecule has 2 heterocycles. The van der Waals surface area contributed by atoms with Crippen LogP contribution < -0.4 is 0 Å². The lowest BCUT2D eigenvalue weighted by molar-refractivity contribution is 1.18. The average molecular weight is 661 g/mol. The number of rotatable bonds is 3. The fraction of sp³-hybridized carbons (Fsp3) is 0. The van der Waals surface area contributed by atoms with E-state index in [1.165, 1.54) is 53.9 Å². The van der Waals surface area contributed by atoms with Crippen LogP contribution >= 0.6 is 0 Å². The molecule has 0 saturated heterocycles. The van der Waals surface area contributed by atoms with Gasteiger partial charge in [-0.15, -0.1) is 0 Å². The van der Waals surface area contributed by atoms with Crippen molar-refractivity contribution in [2.75, 3.05) is 0 Å². The summed E-state index contributed by atoms with van der Waals surface area (Å²) in [4.78, 5) is 19.4. The topological polar surface area (TPSA) is 51.6 Å². The van der Waals surface area contributed by atoms with Crippen LogP contribution in [0.3, 0.4) is 0 Å². The fourth-order valence-corrected chi connectivity index (χ4v) is 8.37. The first-order chi connectivity index (χ1) is 25.8. The predicted octanol–water partition coefficient (Wildman–Crippen LogP) is 12.3. The zero-order valence-corrected chi connectivity index (χ0v) is 28.0. The molecule has 0 unspecified atom stereocenters. The number of hydrogen-bond acceptors (Lipinski definition) is 4. The molecule has 11 rings (SSSR count). The summed E-state index contributed by atoms with van der Waals surface area (Å²) in [5.41, 5.74) is 4.13. The molecule has 0 aliphatic rings. The minimum Gasteiger partial charge on any atom is -0.237 e. The molecule has 240 valence electrons. The highest BCUT2D eigenvalue weighted by Crippen LogP contribution is 2.43. The first kappa shape index (κ1) is 28.8. The molecule has 52 heavy (non-hydrogen) atoms. The average Bonchev–Trinajstić information content (AvgIpc) is 3.23. The van der Waals surface area contributed by atoms with Gasteiger partial charge in [-0.2, -0.15) is 0 Å². The van der Waals surface area contributed by atoms with Gasteiger partial charge in [0, 0.05) is 41.5 Å². The first-order valence-electron chi connectivity index (χ1n) is 17.5. The van der Waals surface area contributed by atoms with Gasteiger partial charge < -0.3 is 0 Å². The molecule has 2 aromatic heterocycles. The molecule has 0 atom stereocenters. The maximum Gasteiger partial charge on any atom is 0.159 e. The lowest BCUT2D eigenvalue weighted by Crippen LogP contribution is -1.94. The molecular formula is C48H28N4. The Morgan fingerprint density at radius 1 is 0.269 bits per heavy atom. The van der Waals surface area contributed by atoms with Gasteiger partial charge in [-0.05, 0) is 105 Å². The van der Waals surface area contributed by atoms with Crippen molar-refractivity contribution < 1.29 is 0 Å². The molecule has 0 aliphatic carbocycles. The minimum absolute atomic E-state index is 0.710. The molecule has 11 aromatic rings. The van der Waals surface area contributed by atoms with Gasteiger partial charge in [0.25, 0.3) is 0 Å². The molecule has 0 radical (unpaired) electrons. The molecule has 0 fully saturated rings. The number of nitrogens with zero attached hydrogens (tertiary/aromatic N) is 4. The van der Waals surface area contributed by atoms with Crippen LogP contribution in [0.5, 0.6) is 0 Å². The van der Waals surface area contributed by atoms with E-state index in [-0.39, 0.29) is 0 Å². The zero-order chi connectivity index (χ0) is 34.2. The van der Waals surface area contributed by atoms with Gasteiger partial charge in [-0.3, -0.25) is 0 Å². The van der Waals surface area contributed by atoms with Crippen molar-refractivity contribution in [3.8, 4) is 33.9 Å². The predicted molar refractivity (Wildman–Crippen MR) is 216 cm³/mol. The van der Waals surface area contributed by atoms with E-state index in [2.05, 4.69) is 149 Å². The van der Waals surface area contributed by atoms with Crippen LogP contribution in [0.25, 0.3) is 109 Å². The number of fused-ring (bicyclic) bond motifs is 13. The van der Waals surface area contributed by atoms with Crippen LogP contribution in [0.4, 0.5) is 0 Å². The minimum atomic E-state index is 0.710. The van der Waals surface area contributed by atoms with E-state index in [1.54, 1.807) is 12.4 Å². The second kappa shape index (κ2) is 11.2. The summed E-state index contributed by atoms with van der Waals surface area (Å²) in [6, 6.07) is 52.0. The van der Waals surface area contributed by atoms with E-state index in [0.29, 0.717) is 5.82 Å². The third-order valence-corrected chi connectivity index (χ3v) is 10.6. The SMILES string of the molecule is c1cnc(-c2cc3c4ccccc4c(-c4cnc(-c5cc6c7ccccc7c7ccccc7c6c6ccccc56)nc4)cc3c3ccccc23)nc1. The summed E-state index contributed by atoms with van der Waals surface area (Å²) in [6.07, 6.45) is 7.58. The van der Waals surface area contributed by atoms with E-state index in [4.69, 9.17) is 9.97 Å². The fourth-order valence-electron chi connectivity index (χ4n) is 8.37. The molecule has 0 N–H and O–H groups in total. The number of benzene rings is 9. The number of hydrogen-bond donors (Lipinski definition) is 0. The molecule has 9 aromatic carbocycles. The zero-order valence-electron chi connectivity index (χ0n) is 28.0. The molecule has 4 nitrogen and oxygen atoms in total. The van der Waals surface area contributed by atoms with E-state index >= 15 is 0 Å². The molecule has 0 saturated carbocycles. The standard InChI is InChI=1S/C48H28N4/c1-5-17-35-30(12-1)31-13-7-9-20-38(31)46-39-21-10-8-19-37(39)45(26-43(35)46)48-51-27-29(28-52-48)40-24-41-34-16-4-6-18-36(34)44(47-49-22-11-23-50-47)25-42(41)33-15-3-2-14-32(33)40/h1-28H. The Balaban J connectivity index is 1.14. The van der Waals surface area contributed by atoms with Crippen molar-refractivity contribution in [2.45, 2.75) is 0 Å². The lowest BCUT2D eigenvalue weighted by atomic mass is 9.89. The maximum absolute atomic E-state index is 5.10. The van der Waals surface area contributed by atoms with Crippen molar-refractivity contribution in [3.63, 3.8) is 0 Å². The largest absolute Gasteiger partial charge is 0.237 e. The van der Waals surface area contributed by atoms with Crippen LogP contribution in [-0.4, -0.2) is 19.9 Å². The van der Waals surface area contributed by atoms with Crippen molar-refractivity contribution in [2.24, 2.45) is 0 Å². The normalized spacial score (nSPS) is 11.8. The molecular weight excluding hydrogens is 633 g/mol. The van der Waals surface area contributed by atoms with Gasteiger partial charge >= 0.3 is 0 Å². The van der Waals surface area contributed by atoms with Crippen LogP contribution in [0.2, 0.25) is 0 Å². The Labute approximate surface area is 298 Å². The Morgan fingerprint density at radius 3 is 1.17 bits per heavy atom. The quantitative estimate of drug-likeness (QED) is 0.177. The molecule has 0 bridgehead atoms. The van der Waals surface area contributed by atoms with Gasteiger partial charge in [0.1, 0.15) is 0 Å². The number of aromatic nitrogens is 4. The monoisotopic (exact) mass is 660 g/mol. The molecule has 0 amide bonds. The second-order valence-electron chi connectivity index (χ2n) is 13.4. The highest BCUT2D eigenvalue weighted by atomic mass is 14.9. The van der Waals surface area contributed by atoms with Gasteiger partial charge in [-0.25, -0.2) is 19.9 Å². The van der Waals surface area contributed by atoms with E-state index in [0.717, 1.165) is 49.6 Å². The summed E-state index contributed by atoms with van der Waals surface area (Å²) in [5, 5.41) is 16.8. The van der Waals surface area contributed by atoms with Gasteiger partial charge in [0.15, 0.2) is 11.6 Å². The van der Waals surface area contributed by atoms with Crippen molar-refractivity contribution in [1.29, 1.82) is 0 Å². The third-order valence-electron chi connectivity index (χ3n) is 10.6. The lowest BCUT2D eigenvalue weighted by Gasteiger charge is -2.16. The van der Waals surface area contributed by atoms with Gasteiger partial charge in [0.05, 0.1) is 0 Å². The highest BCUT2D eigenvalue weighted by molar-refractivity contribution is 6.33. The van der Waals surface area contributed by atoms with Crippen molar-refractivity contribution in [3.05, 3.63) is 170 Å². The van der Waals surface area contributed by atoms with Crippen molar-refractivity contribution in [1.82, 2.24) is 19.9 Å². The molecule has 4 heteroatoms. The summed E-state index contributed by atoms with van der Waals surface area (Å²) in [6.45, 7) is 0. The van der Waals surface area contributed by atoms with E-state index in [1.807, 2.05) is 18.5 Å². The van der Waals surface area contributed by atoms with Crippen LogP contribution in [0.1, 0.15) is 0 Å². The third kappa shape index (κ3) is 4.21. The Bertz CT molecular complexity index is 3230. The smallest absolute Gasteiger partial charge is 0.159 e. The molecule has 0 aliphatic heterocycles. The second-order valence-corrected chi connectivity index (χ2v) is 13.4.